The highest BCUT2D eigenvalue weighted by Crippen LogP contribution is 2.36. The zero-order valence-electron chi connectivity index (χ0n) is 21.3. The van der Waals surface area contributed by atoms with Crippen molar-refractivity contribution in [2.75, 3.05) is 26.8 Å². The van der Waals surface area contributed by atoms with Crippen LogP contribution in [0.2, 0.25) is 0 Å². The Hall–Kier alpha value is -3.06. The summed E-state index contributed by atoms with van der Waals surface area (Å²) in [4.78, 5) is 23.5. The molecule has 7 heteroatoms. The lowest BCUT2D eigenvalue weighted by atomic mass is 9.97. The first-order valence-corrected chi connectivity index (χ1v) is 11.7. The van der Waals surface area contributed by atoms with Gasteiger partial charge >= 0.3 is 11.9 Å². The number of methoxy groups -OCH3 is 1. The summed E-state index contributed by atoms with van der Waals surface area (Å²) in [6.45, 7) is 12.0. The molecule has 186 valence electrons. The number of rotatable bonds is 12. The van der Waals surface area contributed by atoms with Crippen LogP contribution in [0, 0.1) is 13.8 Å². The van der Waals surface area contributed by atoms with Crippen molar-refractivity contribution in [3.05, 3.63) is 52.6 Å². The highest BCUT2D eigenvalue weighted by atomic mass is 16.5. The number of aryl methyl sites for hydroxylation is 2. The number of carbonyl (C=O) groups excluding carboxylic acids is 2. The molecule has 34 heavy (non-hydrogen) atoms. The Morgan fingerprint density at radius 3 is 2.21 bits per heavy atom. The minimum atomic E-state index is -0.443. The average molecular weight is 472 g/mol. The Morgan fingerprint density at radius 2 is 1.62 bits per heavy atom. The van der Waals surface area contributed by atoms with Gasteiger partial charge in [0.1, 0.15) is 23.4 Å². The Morgan fingerprint density at radius 1 is 0.971 bits per heavy atom. The zero-order valence-corrected chi connectivity index (χ0v) is 21.3. The highest BCUT2D eigenvalue weighted by Gasteiger charge is 2.17. The first-order valence-electron chi connectivity index (χ1n) is 11.7. The Kier molecular flexibility index (Phi) is 10.4. The number of esters is 2. The van der Waals surface area contributed by atoms with Crippen LogP contribution in [0.4, 0.5) is 0 Å². The van der Waals surface area contributed by atoms with Gasteiger partial charge in [0.2, 0.25) is 0 Å². The van der Waals surface area contributed by atoms with Gasteiger partial charge in [0.05, 0.1) is 26.8 Å². The van der Waals surface area contributed by atoms with Crippen LogP contribution in [0.3, 0.4) is 0 Å². The SMILES string of the molecule is CCOC(=O)CNCC(=O)OC(C)c1cc(C)c(Oc2ccc(OC)c(C(C)CC)c2)c(C)c1. The number of nitrogens with one attached hydrogen (secondary N) is 1. The average Bonchev–Trinajstić information content (AvgIpc) is 2.80. The van der Waals surface area contributed by atoms with Gasteiger partial charge in [-0.15, -0.1) is 0 Å². The lowest BCUT2D eigenvalue weighted by Crippen LogP contribution is -2.31. The fourth-order valence-electron chi connectivity index (χ4n) is 3.66. The molecule has 0 heterocycles. The molecule has 0 bridgehead atoms. The van der Waals surface area contributed by atoms with E-state index in [9.17, 15) is 9.59 Å². The van der Waals surface area contributed by atoms with Crippen molar-refractivity contribution in [2.45, 2.75) is 60.0 Å². The van der Waals surface area contributed by atoms with Crippen molar-refractivity contribution in [1.82, 2.24) is 5.32 Å². The van der Waals surface area contributed by atoms with Gasteiger partial charge in [-0.25, -0.2) is 0 Å². The summed E-state index contributed by atoms with van der Waals surface area (Å²) in [5.74, 6) is 1.89. The van der Waals surface area contributed by atoms with Crippen molar-refractivity contribution < 1.29 is 28.5 Å². The van der Waals surface area contributed by atoms with Gasteiger partial charge in [-0.3, -0.25) is 14.9 Å². The predicted molar refractivity (Wildman–Crippen MR) is 132 cm³/mol. The number of hydrogen-bond acceptors (Lipinski definition) is 7. The molecule has 0 amide bonds. The summed E-state index contributed by atoms with van der Waals surface area (Å²) in [6, 6.07) is 9.81. The molecule has 0 saturated carbocycles. The van der Waals surface area contributed by atoms with E-state index < -0.39 is 18.0 Å². The van der Waals surface area contributed by atoms with Gasteiger partial charge in [-0.1, -0.05) is 13.8 Å². The van der Waals surface area contributed by atoms with Crippen molar-refractivity contribution in [3.63, 3.8) is 0 Å². The summed E-state index contributed by atoms with van der Waals surface area (Å²) in [6.07, 6.45) is 0.558. The van der Waals surface area contributed by atoms with E-state index in [1.165, 1.54) is 0 Å². The van der Waals surface area contributed by atoms with Crippen LogP contribution in [-0.2, 0) is 19.1 Å². The summed E-state index contributed by atoms with van der Waals surface area (Å²) < 4.78 is 22.1. The first kappa shape index (κ1) is 27.2. The summed E-state index contributed by atoms with van der Waals surface area (Å²) >= 11 is 0. The number of ether oxygens (including phenoxy) is 4. The van der Waals surface area contributed by atoms with Gasteiger partial charge < -0.3 is 18.9 Å². The molecular weight excluding hydrogens is 434 g/mol. The third-order valence-electron chi connectivity index (χ3n) is 5.67. The van der Waals surface area contributed by atoms with Crippen molar-refractivity contribution in [2.24, 2.45) is 0 Å². The van der Waals surface area contributed by atoms with Crippen molar-refractivity contribution in [3.8, 4) is 17.2 Å². The molecule has 1 N–H and O–H groups in total. The van der Waals surface area contributed by atoms with Crippen molar-refractivity contribution >= 4 is 11.9 Å². The van der Waals surface area contributed by atoms with Crippen LogP contribution >= 0.6 is 0 Å². The maximum absolute atomic E-state index is 12.1. The Labute approximate surface area is 202 Å². The zero-order chi connectivity index (χ0) is 25.3. The summed E-state index contributed by atoms with van der Waals surface area (Å²) in [7, 11) is 1.68. The Balaban J connectivity index is 2.08. The minimum absolute atomic E-state index is 0.0360. The molecule has 0 aliphatic rings. The van der Waals surface area contributed by atoms with Crippen LogP contribution in [0.25, 0.3) is 0 Å². The third kappa shape index (κ3) is 7.48. The third-order valence-corrected chi connectivity index (χ3v) is 5.67. The lowest BCUT2D eigenvalue weighted by Gasteiger charge is -2.19. The number of benzene rings is 2. The van der Waals surface area contributed by atoms with Crippen LogP contribution < -0.4 is 14.8 Å². The molecular formula is C27H37NO6. The second-order valence-electron chi connectivity index (χ2n) is 8.34. The normalized spacial score (nSPS) is 12.6. The van der Waals surface area contributed by atoms with E-state index in [1.54, 1.807) is 14.0 Å². The van der Waals surface area contributed by atoms with Gasteiger partial charge in [0.25, 0.3) is 0 Å². The van der Waals surface area contributed by atoms with E-state index in [-0.39, 0.29) is 13.1 Å². The molecule has 0 aliphatic heterocycles. The van der Waals surface area contributed by atoms with Gasteiger partial charge in [-0.05, 0) is 87.1 Å². The van der Waals surface area contributed by atoms with Gasteiger partial charge in [0.15, 0.2) is 0 Å². The second kappa shape index (κ2) is 13.0. The van der Waals surface area contributed by atoms with Crippen LogP contribution in [0.5, 0.6) is 17.2 Å². The van der Waals surface area contributed by atoms with E-state index in [0.717, 1.165) is 45.9 Å². The lowest BCUT2D eigenvalue weighted by molar-refractivity contribution is -0.147. The molecule has 0 saturated heterocycles. The number of hydrogen-bond donors (Lipinski definition) is 1. The van der Waals surface area contributed by atoms with Crippen LogP contribution in [-0.4, -0.2) is 38.7 Å². The molecule has 2 rings (SSSR count). The fraction of sp³-hybridized carbons (Fsp3) is 0.481. The monoisotopic (exact) mass is 471 g/mol. The molecule has 2 aromatic carbocycles. The molecule has 0 aliphatic carbocycles. The quantitative estimate of drug-likeness (QED) is 0.416. The van der Waals surface area contributed by atoms with E-state index in [4.69, 9.17) is 18.9 Å². The summed E-state index contributed by atoms with van der Waals surface area (Å²) in [5, 5.41) is 2.73. The van der Waals surface area contributed by atoms with Gasteiger partial charge in [0, 0.05) is 5.56 Å². The van der Waals surface area contributed by atoms with Crippen molar-refractivity contribution in [1.29, 1.82) is 0 Å². The standard InChI is InChI=1S/C27H37NO6/c1-8-17(3)23-14-22(10-11-24(23)31-7)34-27-18(4)12-21(13-19(27)5)20(6)33-26(30)16-28-15-25(29)32-9-2/h10-14,17,20,28H,8-9,15-16H2,1-7H3. The van der Waals surface area contributed by atoms with Crippen LogP contribution in [0.15, 0.2) is 30.3 Å². The molecule has 0 radical (unpaired) electrons. The molecule has 2 atom stereocenters. The number of carbonyl (C=O) groups is 2. The first-order chi connectivity index (χ1) is 16.2. The predicted octanol–water partition coefficient (Wildman–Crippen LogP) is 5.37. The summed E-state index contributed by atoms with van der Waals surface area (Å²) in [5.41, 5.74) is 3.88. The molecule has 0 fully saturated rings. The highest BCUT2D eigenvalue weighted by molar-refractivity contribution is 5.75. The molecule has 0 spiro atoms. The topological polar surface area (TPSA) is 83.1 Å². The minimum Gasteiger partial charge on any atom is -0.496 e. The van der Waals surface area contributed by atoms with Gasteiger partial charge in [-0.2, -0.15) is 0 Å². The maximum Gasteiger partial charge on any atom is 0.320 e. The molecule has 2 unspecified atom stereocenters. The maximum atomic E-state index is 12.1. The van der Waals surface area contributed by atoms with E-state index >= 15 is 0 Å². The molecule has 2 aromatic rings. The second-order valence-corrected chi connectivity index (χ2v) is 8.34. The van der Waals surface area contributed by atoms with E-state index in [2.05, 4.69) is 19.2 Å². The van der Waals surface area contributed by atoms with E-state index in [1.807, 2.05) is 51.1 Å². The largest absolute Gasteiger partial charge is 0.496 e. The Bertz CT molecular complexity index is 964. The fourth-order valence-corrected chi connectivity index (χ4v) is 3.66. The molecule has 7 nitrogen and oxygen atoms in total. The molecule has 0 aromatic heterocycles. The smallest absolute Gasteiger partial charge is 0.320 e. The van der Waals surface area contributed by atoms with Crippen LogP contribution in [0.1, 0.15) is 68.4 Å². The van der Waals surface area contributed by atoms with E-state index in [0.29, 0.717) is 12.5 Å².